The van der Waals surface area contributed by atoms with Gasteiger partial charge in [0.15, 0.2) is 0 Å². The number of aryl methyl sites for hydroxylation is 1. The standard InChI is InChI=1S/C13H14N2O/c1-11-14-6-7-15(11)10-13-4-2-3-12(9-13)5-8-16/h2-4,6-9H,5,10H2,1H3. The molecule has 0 fully saturated rings. The highest BCUT2D eigenvalue weighted by molar-refractivity contribution is 5.55. The number of hydrogen-bond acceptors (Lipinski definition) is 2. The minimum Gasteiger partial charge on any atom is -0.331 e. The summed E-state index contributed by atoms with van der Waals surface area (Å²) in [6.45, 7) is 2.79. The van der Waals surface area contributed by atoms with Gasteiger partial charge in [0, 0.05) is 25.4 Å². The number of carbonyl (C=O) groups is 1. The Morgan fingerprint density at radius 3 is 2.88 bits per heavy atom. The van der Waals surface area contributed by atoms with E-state index in [0.29, 0.717) is 6.42 Å². The molecule has 0 aliphatic rings. The van der Waals surface area contributed by atoms with Gasteiger partial charge in [0.25, 0.3) is 0 Å². The second-order valence-corrected chi connectivity index (χ2v) is 3.79. The van der Waals surface area contributed by atoms with Gasteiger partial charge < -0.3 is 9.36 Å². The summed E-state index contributed by atoms with van der Waals surface area (Å²) < 4.78 is 2.08. The molecule has 0 aliphatic carbocycles. The Labute approximate surface area is 94.7 Å². The molecule has 0 bridgehead atoms. The fraction of sp³-hybridized carbons (Fsp3) is 0.231. The lowest BCUT2D eigenvalue weighted by Gasteiger charge is -2.06. The van der Waals surface area contributed by atoms with E-state index >= 15 is 0 Å². The molecule has 0 unspecified atom stereocenters. The summed E-state index contributed by atoms with van der Waals surface area (Å²) in [4.78, 5) is 14.6. The van der Waals surface area contributed by atoms with Gasteiger partial charge in [-0.3, -0.25) is 0 Å². The lowest BCUT2D eigenvalue weighted by Crippen LogP contribution is -2.01. The van der Waals surface area contributed by atoms with Gasteiger partial charge in [-0.2, -0.15) is 0 Å². The van der Waals surface area contributed by atoms with Crippen molar-refractivity contribution in [1.29, 1.82) is 0 Å². The van der Waals surface area contributed by atoms with E-state index in [2.05, 4.69) is 21.7 Å². The zero-order valence-electron chi connectivity index (χ0n) is 9.26. The molecular formula is C13H14N2O. The van der Waals surface area contributed by atoms with Gasteiger partial charge in [0.1, 0.15) is 12.1 Å². The zero-order chi connectivity index (χ0) is 11.4. The number of nitrogens with zero attached hydrogens (tertiary/aromatic N) is 2. The number of aldehydes is 1. The average Bonchev–Trinajstić information content (AvgIpc) is 2.66. The average molecular weight is 214 g/mol. The fourth-order valence-corrected chi connectivity index (χ4v) is 1.72. The SMILES string of the molecule is Cc1nccn1Cc1cccc(CC=O)c1. The lowest BCUT2D eigenvalue weighted by molar-refractivity contribution is -0.107. The van der Waals surface area contributed by atoms with Crippen LogP contribution in [-0.2, 0) is 17.8 Å². The number of carbonyl (C=O) groups excluding carboxylic acids is 1. The van der Waals surface area contributed by atoms with Crippen LogP contribution >= 0.6 is 0 Å². The van der Waals surface area contributed by atoms with Crippen LogP contribution in [0.5, 0.6) is 0 Å². The molecule has 0 N–H and O–H groups in total. The molecule has 2 rings (SSSR count). The van der Waals surface area contributed by atoms with E-state index in [4.69, 9.17) is 0 Å². The summed E-state index contributed by atoms with van der Waals surface area (Å²) in [6.07, 6.45) is 5.17. The first-order valence-corrected chi connectivity index (χ1v) is 5.29. The van der Waals surface area contributed by atoms with E-state index in [1.54, 1.807) is 6.20 Å². The van der Waals surface area contributed by atoms with Gasteiger partial charge in [-0.05, 0) is 18.1 Å². The van der Waals surface area contributed by atoms with Crippen molar-refractivity contribution in [2.45, 2.75) is 19.9 Å². The largest absolute Gasteiger partial charge is 0.331 e. The maximum absolute atomic E-state index is 10.4. The Kier molecular flexibility index (Phi) is 3.15. The molecule has 0 saturated carbocycles. The van der Waals surface area contributed by atoms with Gasteiger partial charge >= 0.3 is 0 Å². The Morgan fingerprint density at radius 2 is 2.19 bits per heavy atom. The molecule has 0 amide bonds. The van der Waals surface area contributed by atoms with Crippen molar-refractivity contribution in [3.8, 4) is 0 Å². The highest BCUT2D eigenvalue weighted by Crippen LogP contribution is 2.08. The van der Waals surface area contributed by atoms with Crippen LogP contribution in [0.15, 0.2) is 36.7 Å². The maximum Gasteiger partial charge on any atom is 0.124 e. The summed E-state index contributed by atoms with van der Waals surface area (Å²) in [5.74, 6) is 1.00. The van der Waals surface area contributed by atoms with E-state index in [9.17, 15) is 4.79 Å². The van der Waals surface area contributed by atoms with E-state index in [1.165, 1.54) is 5.56 Å². The number of aromatic nitrogens is 2. The molecule has 0 aliphatic heterocycles. The molecule has 2 aromatic rings. The van der Waals surface area contributed by atoms with Crippen LogP contribution < -0.4 is 0 Å². The highest BCUT2D eigenvalue weighted by atomic mass is 16.1. The minimum absolute atomic E-state index is 0.483. The van der Waals surface area contributed by atoms with Crippen molar-refractivity contribution in [3.05, 3.63) is 53.6 Å². The van der Waals surface area contributed by atoms with Gasteiger partial charge in [-0.1, -0.05) is 24.3 Å². The van der Waals surface area contributed by atoms with Crippen molar-refractivity contribution < 1.29 is 4.79 Å². The predicted molar refractivity (Wildman–Crippen MR) is 62.3 cm³/mol. The first-order valence-electron chi connectivity index (χ1n) is 5.29. The number of imidazole rings is 1. The fourth-order valence-electron chi connectivity index (χ4n) is 1.72. The molecule has 0 radical (unpaired) electrons. The van der Waals surface area contributed by atoms with Crippen LogP contribution in [0.1, 0.15) is 17.0 Å². The molecular weight excluding hydrogens is 200 g/mol. The van der Waals surface area contributed by atoms with Gasteiger partial charge in [0.05, 0.1) is 0 Å². The second kappa shape index (κ2) is 4.75. The van der Waals surface area contributed by atoms with Crippen LogP contribution in [0.4, 0.5) is 0 Å². The molecule has 0 spiro atoms. The number of rotatable bonds is 4. The lowest BCUT2D eigenvalue weighted by atomic mass is 10.1. The first-order chi connectivity index (χ1) is 7.79. The van der Waals surface area contributed by atoms with Crippen LogP contribution in [-0.4, -0.2) is 15.8 Å². The van der Waals surface area contributed by atoms with Crippen LogP contribution in [0.25, 0.3) is 0 Å². The van der Waals surface area contributed by atoms with Crippen molar-refractivity contribution in [1.82, 2.24) is 9.55 Å². The van der Waals surface area contributed by atoms with Gasteiger partial charge in [-0.25, -0.2) is 4.98 Å². The van der Waals surface area contributed by atoms with Crippen molar-refractivity contribution >= 4 is 6.29 Å². The van der Waals surface area contributed by atoms with Crippen LogP contribution in [0, 0.1) is 6.92 Å². The van der Waals surface area contributed by atoms with Crippen LogP contribution in [0.3, 0.4) is 0 Å². The van der Waals surface area contributed by atoms with E-state index < -0.39 is 0 Å². The summed E-state index contributed by atoms with van der Waals surface area (Å²) in [7, 11) is 0. The summed E-state index contributed by atoms with van der Waals surface area (Å²) in [5.41, 5.74) is 2.26. The number of benzene rings is 1. The first kappa shape index (κ1) is 10.6. The normalized spacial score (nSPS) is 10.3. The molecule has 1 aromatic heterocycles. The molecule has 0 saturated heterocycles. The smallest absolute Gasteiger partial charge is 0.124 e. The van der Waals surface area contributed by atoms with E-state index in [1.807, 2.05) is 25.3 Å². The molecule has 82 valence electrons. The second-order valence-electron chi connectivity index (χ2n) is 3.79. The summed E-state index contributed by atoms with van der Waals surface area (Å²) in [5, 5.41) is 0. The van der Waals surface area contributed by atoms with Gasteiger partial charge in [-0.15, -0.1) is 0 Å². The third-order valence-electron chi connectivity index (χ3n) is 2.59. The van der Waals surface area contributed by atoms with Crippen molar-refractivity contribution in [2.24, 2.45) is 0 Å². The minimum atomic E-state index is 0.483. The van der Waals surface area contributed by atoms with Crippen molar-refractivity contribution in [3.63, 3.8) is 0 Å². The number of hydrogen-bond donors (Lipinski definition) is 0. The molecule has 1 aromatic carbocycles. The third kappa shape index (κ3) is 2.37. The topological polar surface area (TPSA) is 34.9 Å². The van der Waals surface area contributed by atoms with Crippen LogP contribution in [0.2, 0.25) is 0 Å². The monoisotopic (exact) mass is 214 g/mol. The summed E-state index contributed by atoms with van der Waals surface area (Å²) in [6, 6.07) is 8.08. The van der Waals surface area contributed by atoms with E-state index in [0.717, 1.165) is 24.2 Å². The molecule has 3 heteroatoms. The Hall–Kier alpha value is -1.90. The predicted octanol–water partition coefficient (Wildman–Crippen LogP) is 1.98. The molecule has 16 heavy (non-hydrogen) atoms. The van der Waals surface area contributed by atoms with Crippen molar-refractivity contribution in [2.75, 3.05) is 0 Å². The summed E-state index contributed by atoms with van der Waals surface area (Å²) >= 11 is 0. The van der Waals surface area contributed by atoms with E-state index in [-0.39, 0.29) is 0 Å². The zero-order valence-corrected chi connectivity index (χ0v) is 9.26. The van der Waals surface area contributed by atoms with Gasteiger partial charge in [0.2, 0.25) is 0 Å². The Balaban J connectivity index is 2.18. The quantitative estimate of drug-likeness (QED) is 0.729. The highest BCUT2D eigenvalue weighted by Gasteiger charge is 1.99. The maximum atomic E-state index is 10.4. The Morgan fingerprint density at radius 1 is 1.38 bits per heavy atom. The molecule has 3 nitrogen and oxygen atoms in total. The molecule has 0 atom stereocenters. The third-order valence-corrected chi connectivity index (χ3v) is 2.59. The molecule has 1 heterocycles. The Bertz CT molecular complexity index is 488.